The van der Waals surface area contributed by atoms with Crippen LogP contribution in [0.4, 0.5) is 5.69 Å². The molecule has 1 rings (SSSR count). The van der Waals surface area contributed by atoms with Crippen LogP contribution in [0.25, 0.3) is 0 Å². The van der Waals surface area contributed by atoms with Crippen LogP contribution in [0.3, 0.4) is 0 Å². The van der Waals surface area contributed by atoms with Crippen LogP contribution >= 0.6 is 0 Å². The zero-order valence-corrected chi connectivity index (χ0v) is 13.5. The van der Waals surface area contributed by atoms with Crippen molar-refractivity contribution in [3.05, 3.63) is 29.3 Å². The molecule has 116 valence electrons. The Morgan fingerprint density at radius 3 is 2.48 bits per heavy atom. The Labute approximate surface area is 128 Å². The summed E-state index contributed by atoms with van der Waals surface area (Å²) in [5.74, 6) is 0. The van der Waals surface area contributed by atoms with Crippen molar-refractivity contribution in [1.29, 1.82) is 5.26 Å². The van der Waals surface area contributed by atoms with Crippen molar-refractivity contribution in [2.24, 2.45) is 0 Å². The second-order valence-electron chi connectivity index (χ2n) is 5.22. The maximum atomic E-state index is 10.0. The lowest BCUT2D eigenvalue weighted by molar-refractivity contribution is 0.196. The molecule has 21 heavy (non-hydrogen) atoms. The number of nitrogens with zero attached hydrogens (tertiary/aromatic N) is 2. The molecule has 0 amide bonds. The van der Waals surface area contributed by atoms with Gasteiger partial charge in [0.2, 0.25) is 0 Å². The molecule has 0 spiro atoms. The molecular weight excluding hydrogens is 264 g/mol. The Bertz CT molecular complexity index is 476. The van der Waals surface area contributed by atoms with Gasteiger partial charge in [0, 0.05) is 30.9 Å². The van der Waals surface area contributed by atoms with Gasteiger partial charge >= 0.3 is 0 Å². The van der Waals surface area contributed by atoms with Crippen LogP contribution in [0.15, 0.2) is 18.2 Å². The Morgan fingerprint density at radius 2 is 2.00 bits per heavy atom. The van der Waals surface area contributed by atoms with Gasteiger partial charge in [0.25, 0.3) is 0 Å². The normalized spacial score (nSPS) is 12.2. The molecule has 1 aromatic rings. The number of nitriles is 1. The third-order valence-electron chi connectivity index (χ3n) is 3.84. The summed E-state index contributed by atoms with van der Waals surface area (Å²) in [7, 11) is 1.69. The van der Waals surface area contributed by atoms with E-state index in [0.717, 1.165) is 30.6 Å². The molecule has 0 aliphatic carbocycles. The number of ether oxygens (including phenoxy) is 1. The van der Waals surface area contributed by atoms with Crippen molar-refractivity contribution in [2.75, 3.05) is 25.2 Å². The summed E-state index contributed by atoms with van der Waals surface area (Å²) in [5, 5.41) is 19.2. The molecule has 4 nitrogen and oxygen atoms in total. The second kappa shape index (κ2) is 8.66. The van der Waals surface area contributed by atoms with E-state index in [1.807, 2.05) is 12.1 Å². The largest absolute Gasteiger partial charge is 0.389 e. The SMILES string of the molecule is CCC(CC)N(CCOC)c1cc(C#N)ccc1[C@H](C)O. The molecule has 0 unspecified atom stereocenters. The third-order valence-corrected chi connectivity index (χ3v) is 3.84. The van der Waals surface area contributed by atoms with Crippen LogP contribution in [-0.4, -0.2) is 31.4 Å². The highest BCUT2D eigenvalue weighted by Crippen LogP contribution is 2.30. The van der Waals surface area contributed by atoms with Gasteiger partial charge in [0.1, 0.15) is 0 Å². The molecule has 0 aromatic heterocycles. The molecular formula is C17H26N2O2. The molecule has 1 atom stereocenters. The second-order valence-corrected chi connectivity index (χ2v) is 5.22. The molecule has 0 fully saturated rings. The average Bonchev–Trinajstić information content (AvgIpc) is 2.50. The fourth-order valence-electron chi connectivity index (χ4n) is 2.63. The molecule has 4 heteroatoms. The number of anilines is 1. The predicted molar refractivity (Wildman–Crippen MR) is 85.4 cm³/mol. The van der Waals surface area contributed by atoms with E-state index in [1.54, 1.807) is 20.1 Å². The van der Waals surface area contributed by atoms with E-state index in [2.05, 4.69) is 24.8 Å². The van der Waals surface area contributed by atoms with Gasteiger partial charge < -0.3 is 14.7 Å². The number of aliphatic hydroxyl groups is 1. The Kier molecular flexibility index (Phi) is 7.21. The lowest BCUT2D eigenvalue weighted by Crippen LogP contribution is -2.38. The van der Waals surface area contributed by atoms with Gasteiger partial charge in [-0.1, -0.05) is 19.9 Å². The topological polar surface area (TPSA) is 56.5 Å². The highest BCUT2D eigenvalue weighted by molar-refractivity contribution is 5.59. The number of hydrogen-bond acceptors (Lipinski definition) is 4. The number of rotatable bonds is 8. The van der Waals surface area contributed by atoms with E-state index in [0.29, 0.717) is 18.2 Å². The zero-order valence-electron chi connectivity index (χ0n) is 13.5. The van der Waals surface area contributed by atoms with E-state index in [1.165, 1.54) is 0 Å². The number of hydrogen-bond donors (Lipinski definition) is 1. The van der Waals surface area contributed by atoms with Gasteiger partial charge in [-0.2, -0.15) is 5.26 Å². The first kappa shape index (κ1) is 17.5. The van der Waals surface area contributed by atoms with E-state index in [9.17, 15) is 5.11 Å². The predicted octanol–water partition coefficient (Wildman–Crippen LogP) is 3.25. The summed E-state index contributed by atoms with van der Waals surface area (Å²) in [6, 6.07) is 8.02. The first-order valence-electron chi connectivity index (χ1n) is 7.56. The smallest absolute Gasteiger partial charge is 0.0992 e. The molecule has 0 saturated heterocycles. The quantitative estimate of drug-likeness (QED) is 0.798. The van der Waals surface area contributed by atoms with Crippen molar-refractivity contribution >= 4 is 5.69 Å². The van der Waals surface area contributed by atoms with Gasteiger partial charge in [-0.05, 0) is 31.9 Å². The highest BCUT2D eigenvalue weighted by Gasteiger charge is 2.20. The molecule has 0 heterocycles. The van der Waals surface area contributed by atoms with E-state index in [4.69, 9.17) is 10.00 Å². The Balaban J connectivity index is 3.29. The summed E-state index contributed by atoms with van der Waals surface area (Å²) < 4.78 is 5.22. The number of aliphatic hydroxyl groups excluding tert-OH is 1. The Hall–Kier alpha value is -1.57. The van der Waals surface area contributed by atoms with Crippen molar-refractivity contribution in [1.82, 2.24) is 0 Å². The monoisotopic (exact) mass is 290 g/mol. The van der Waals surface area contributed by atoms with Crippen molar-refractivity contribution in [3.63, 3.8) is 0 Å². The average molecular weight is 290 g/mol. The lowest BCUT2D eigenvalue weighted by atomic mass is 10.0. The summed E-state index contributed by atoms with van der Waals surface area (Å²) in [6.07, 6.45) is 1.46. The molecule has 0 radical (unpaired) electrons. The summed E-state index contributed by atoms with van der Waals surface area (Å²) in [5.41, 5.74) is 2.41. The first-order chi connectivity index (χ1) is 10.1. The summed E-state index contributed by atoms with van der Waals surface area (Å²) in [6.45, 7) is 7.44. The molecule has 0 saturated carbocycles. The minimum absolute atomic E-state index is 0.367. The van der Waals surface area contributed by atoms with Crippen molar-refractivity contribution < 1.29 is 9.84 Å². The molecule has 0 aliphatic rings. The summed E-state index contributed by atoms with van der Waals surface area (Å²) in [4.78, 5) is 2.26. The van der Waals surface area contributed by atoms with Gasteiger partial charge in [0.05, 0.1) is 24.3 Å². The van der Waals surface area contributed by atoms with E-state index < -0.39 is 6.10 Å². The van der Waals surface area contributed by atoms with Gasteiger partial charge in [-0.3, -0.25) is 0 Å². The van der Waals surface area contributed by atoms with Crippen molar-refractivity contribution in [2.45, 2.75) is 45.8 Å². The van der Waals surface area contributed by atoms with Gasteiger partial charge in [0.15, 0.2) is 0 Å². The van der Waals surface area contributed by atoms with Crippen LogP contribution in [0.2, 0.25) is 0 Å². The lowest BCUT2D eigenvalue weighted by Gasteiger charge is -2.34. The highest BCUT2D eigenvalue weighted by atomic mass is 16.5. The van der Waals surface area contributed by atoms with E-state index in [-0.39, 0.29) is 0 Å². The molecule has 0 bridgehead atoms. The molecule has 1 N–H and O–H groups in total. The van der Waals surface area contributed by atoms with Gasteiger partial charge in [-0.15, -0.1) is 0 Å². The van der Waals surface area contributed by atoms with Gasteiger partial charge in [-0.25, -0.2) is 0 Å². The Morgan fingerprint density at radius 1 is 1.33 bits per heavy atom. The fraction of sp³-hybridized carbons (Fsp3) is 0.588. The van der Waals surface area contributed by atoms with Crippen LogP contribution in [0.5, 0.6) is 0 Å². The number of methoxy groups -OCH3 is 1. The van der Waals surface area contributed by atoms with Crippen LogP contribution in [0.1, 0.15) is 50.8 Å². The van der Waals surface area contributed by atoms with Crippen LogP contribution in [0, 0.1) is 11.3 Å². The number of benzene rings is 1. The van der Waals surface area contributed by atoms with Crippen LogP contribution < -0.4 is 4.90 Å². The van der Waals surface area contributed by atoms with Crippen LogP contribution in [-0.2, 0) is 4.74 Å². The molecule has 1 aromatic carbocycles. The zero-order chi connectivity index (χ0) is 15.8. The fourth-order valence-corrected chi connectivity index (χ4v) is 2.63. The summed E-state index contributed by atoms with van der Waals surface area (Å²) >= 11 is 0. The maximum Gasteiger partial charge on any atom is 0.0992 e. The maximum absolute atomic E-state index is 10.0. The standard InChI is InChI=1S/C17H26N2O2/c1-5-15(6-2)19(9-10-21-4)17-11-14(12-18)7-8-16(17)13(3)20/h7-8,11,13,15,20H,5-6,9-10H2,1-4H3/t13-/m0/s1. The van der Waals surface area contributed by atoms with E-state index >= 15 is 0 Å². The van der Waals surface area contributed by atoms with Crippen molar-refractivity contribution in [3.8, 4) is 6.07 Å². The minimum atomic E-state index is -0.563. The minimum Gasteiger partial charge on any atom is -0.389 e. The first-order valence-corrected chi connectivity index (χ1v) is 7.56. The third kappa shape index (κ3) is 4.45. The molecule has 0 aliphatic heterocycles.